The zero-order valence-electron chi connectivity index (χ0n) is 23.5. The van der Waals surface area contributed by atoms with Crippen molar-refractivity contribution in [2.24, 2.45) is 5.92 Å². The summed E-state index contributed by atoms with van der Waals surface area (Å²) in [6.07, 6.45) is -2.91. The predicted molar refractivity (Wildman–Crippen MR) is 150 cm³/mol. The number of carbonyl (C=O) groups is 1. The Labute approximate surface area is 244 Å². The zero-order chi connectivity index (χ0) is 30.6. The molecule has 1 amide bonds. The SMILES string of the molecule is CCn1c(=O)n(-c2nnc(C(F)F)s2)c2cc(S(=O)(=O)NC3(CF)COC3)cc(N3CCN(C(=O)C(C)C)[C@@H](C)C3)c21. The van der Waals surface area contributed by atoms with Gasteiger partial charge in [0, 0.05) is 38.1 Å². The molecule has 3 aromatic rings. The standard InChI is InChI=1S/C25H32F3N7O5S2/c1-5-33-19-17(32-6-7-34(15(4)10-32)22(36)14(2)3)8-16(42(38,39)31-25(11-26)12-40-13-25)9-18(19)35(24(33)37)23-30-29-21(41-23)20(27)28/h8-9,14-15,20,31H,5-7,10-13H2,1-4H3/t15-/m0/s1. The zero-order valence-corrected chi connectivity index (χ0v) is 25.1. The number of amides is 1. The number of sulfonamides is 1. The summed E-state index contributed by atoms with van der Waals surface area (Å²) < 4.78 is 77.8. The molecule has 0 saturated carbocycles. The number of benzene rings is 1. The van der Waals surface area contributed by atoms with Gasteiger partial charge in [0.1, 0.15) is 12.2 Å². The highest BCUT2D eigenvalue weighted by Crippen LogP contribution is 2.35. The Bertz CT molecular complexity index is 1660. The van der Waals surface area contributed by atoms with Crippen LogP contribution in [0.15, 0.2) is 21.8 Å². The third-order valence-corrected chi connectivity index (χ3v) is 9.99. The van der Waals surface area contributed by atoms with E-state index in [2.05, 4.69) is 14.9 Å². The number of aryl methyl sites for hydroxylation is 1. The lowest BCUT2D eigenvalue weighted by molar-refractivity contribution is -0.136. The van der Waals surface area contributed by atoms with Crippen molar-refractivity contribution in [2.75, 3.05) is 44.4 Å². The lowest BCUT2D eigenvalue weighted by Crippen LogP contribution is -2.63. The maximum Gasteiger partial charge on any atom is 0.335 e. The van der Waals surface area contributed by atoms with Crippen LogP contribution in [0.25, 0.3) is 16.2 Å². The minimum Gasteiger partial charge on any atom is -0.377 e. The van der Waals surface area contributed by atoms with Gasteiger partial charge in [-0.3, -0.25) is 9.36 Å². The van der Waals surface area contributed by atoms with Gasteiger partial charge >= 0.3 is 5.69 Å². The van der Waals surface area contributed by atoms with E-state index in [1.54, 1.807) is 11.8 Å². The molecule has 1 atom stereocenters. The van der Waals surface area contributed by atoms with Crippen LogP contribution in [0.1, 0.15) is 39.1 Å². The van der Waals surface area contributed by atoms with Gasteiger partial charge in [-0.15, -0.1) is 10.2 Å². The Morgan fingerprint density at radius 1 is 1.24 bits per heavy atom. The number of aromatic nitrogens is 4. The second-order valence-corrected chi connectivity index (χ2v) is 13.6. The number of hydrogen-bond acceptors (Lipinski definition) is 9. The number of ether oxygens (including phenoxy) is 1. The monoisotopic (exact) mass is 631 g/mol. The topological polar surface area (TPSA) is 132 Å². The molecule has 17 heteroatoms. The second kappa shape index (κ2) is 11.2. The average molecular weight is 632 g/mol. The number of halogens is 3. The van der Waals surface area contributed by atoms with E-state index < -0.39 is 39.4 Å². The van der Waals surface area contributed by atoms with Crippen LogP contribution in [0.5, 0.6) is 0 Å². The first-order chi connectivity index (χ1) is 19.8. The van der Waals surface area contributed by atoms with Gasteiger partial charge in [-0.25, -0.2) is 31.0 Å². The fourth-order valence-corrected chi connectivity index (χ4v) is 7.42. The van der Waals surface area contributed by atoms with Crippen molar-refractivity contribution in [3.63, 3.8) is 0 Å². The largest absolute Gasteiger partial charge is 0.377 e. The van der Waals surface area contributed by atoms with Gasteiger partial charge in [-0.2, -0.15) is 4.72 Å². The van der Waals surface area contributed by atoms with Crippen LogP contribution in [0.2, 0.25) is 0 Å². The second-order valence-electron chi connectivity index (χ2n) is 10.9. The van der Waals surface area contributed by atoms with Gasteiger partial charge in [-0.05, 0) is 26.0 Å². The Kier molecular flexibility index (Phi) is 8.15. The summed E-state index contributed by atoms with van der Waals surface area (Å²) in [6.45, 7) is 7.22. The number of carbonyl (C=O) groups excluding carboxylic acids is 1. The summed E-state index contributed by atoms with van der Waals surface area (Å²) in [5.74, 6) is -0.206. The van der Waals surface area contributed by atoms with Gasteiger partial charge in [0.2, 0.25) is 21.1 Å². The summed E-state index contributed by atoms with van der Waals surface area (Å²) in [6, 6.07) is 2.44. The van der Waals surface area contributed by atoms with Gasteiger partial charge in [0.05, 0.1) is 34.8 Å². The Morgan fingerprint density at radius 3 is 2.48 bits per heavy atom. The highest BCUT2D eigenvalue weighted by molar-refractivity contribution is 7.89. The summed E-state index contributed by atoms with van der Waals surface area (Å²) in [5.41, 5.74) is -1.14. The third kappa shape index (κ3) is 5.20. The molecule has 0 aliphatic carbocycles. The number of piperazine rings is 1. The maximum absolute atomic E-state index is 13.8. The summed E-state index contributed by atoms with van der Waals surface area (Å²) in [4.78, 5) is 29.9. The predicted octanol–water partition coefficient (Wildman–Crippen LogP) is 2.31. The molecular weight excluding hydrogens is 599 g/mol. The van der Waals surface area contributed by atoms with Gasteiger partial charge in [0.25, 0.3) is 6.43 Å². The first-order valence-electron chi connectivity index (χ1n) is 13.5. The van der Waals surface area contributed by atoms with Crippen LogP contribution in [-0.2, 0) is 26.1 Å². The van der Waals surface area contributed by atoms with Gasteiger partial charge < -0.3 is 14.5 Å². The molecule has 0 unspecified atom stereocenters. The minimum atomic E-state index is -4.35. The number of fused-ring (bicyclic) bond motifs is 1. The smallest absolute Gasteiger partial charge is 0.335 e. The highest BCUT2D eigenvalue weighted by Gasteiger charge is 2.43. The van der Waals surface area contributed by atoms with E-state index in [1.165, 1.54) is 16.7 Å². The van der Waals surface area contributed by atoms with Crippen LogP contribution in [0.4, 0.5) is 18.9 Å². The molecule has 2 aliphatic heterocycles. The molecule has 0 spiro atoms. The number of anilines is 1. The first kappa shape index (κ1) is 30.4. The van der Waals surface area contributed by atoms with Crippen molar-refractivity contribution in [2.45, 2.75) is 57.1 Å². The number of alkyl halides is 3. The van der Waals surface area contributed by atoms with E-state index in [9.17, 15) is 31.2 Å². The number of hydrogen-bond donors (Lipinski definition) is 1. The maximum atomic E-state index is 13.8. The van der Waals surface area contributed by atoms with Crippen molar-refractivity contribution >= 4 is 44.0 Å². The van der Waals surface area contributed by atoms with E-state index >= 15 is 0 Å². The summed E-state index contributed by atoms with van der Waals surface area (Å²) in [7, 11) is -4.35. The molecular formula is C25H32F3N7O5S2. The van der Waals surface area contributed by atoms with Crippen LogP contribution >= 0.6 is 11.3 Å². The molecule has 2 aromatic heterocycles. The van der Waals surface area contributed by atoms with Crippen molar-refractivity contribution < 1.29 is 31.1 Å². The Morgan fingerprint density at radius 2 is 1.95 bits per heavy atom. The molecule has 42 heavy (non-hydrogen) atoms. The molecule has 1 N–H and O–H groups in total. The lowest BCUT2D eigenvalue weighted by Gasteiger charge is -2.42. The van der Waals surface area contributed by atoms with Crippen molar-refractivity contribution in [1.29, 1.82) is 0 Å². The van der Waals surface area contributed by atoms with Crippen LogP contribution in [-0.4, -0.2) is 89.7 Å². The molecule has 5 rings (SSSR count). The molecule has 0 radical (unpaired) electrons. The van der Waals surface area contributed by atoms with Gasteiger partial charge in [0.15, 0.2) is 5.01 Å². The fraction of sp³-hybridized carbons (Fsp3) is 0.600. The number of rotatable bonds is 9. The van der Waals surface area contributed by atoms with Crippen molar-refractivity contribution in [3.05, 3.63) is 27.6 Å². The Hall–Kier alpha value is -3.02. The van der Waals surface area contributed by atoms with E-state index in [-0.39, 0.29) is 53.2 Å². The average Bonchev–Trinajstić information content (AvgIpc) is 3.51. The van der Waals surface area contributed by atoms with Gasteiger partial charge in [-0.1, -0.05) is 25.2 Å². The highest BCUT2D eigenvalue weighted by atomic mass is 32.2. The Balaban J connectivity index is 1.70. The summed E-state index contributed by atoms with van der Waals surface area (Å²) >= 11 is 0.523. The number of nitrogens with zero attached hydrogens (tertiary/aromatic N) is 6. The molecule has 2 saturated heterocycles. The molecule has 1 aromatic carbocycles. The molecule has 2 fully saturated rings. The normalized spacial score (nSPS) is 19.2. The van der Waals surface area contributed by atoms with E-state index in [4.69, 9.17) is 4.74 Å². The molecule has 230 valence electrons. The van der Waals surface area contributed by atoms with Crippen LogP contribution in [0, 0.1) is 5.92 Å². The van der Waals surface area contributed by atoms with Crippen molar-refractivity contribution in [1.82, 2.24) is 29.0 Å². The van der Waals surface area contributed by atoms with E-state index in [0.717, 1.165) is 4.57 Å². The quantitative estimate of drug-likeness (QED) is 0.381. The third-order valence-electron chi connectivity index (χ3n) is 7.52. The fourth-order valence-electron chi connectivity index (χ4n) is 5.32. The van der Waals surface area contributed by atoms with Crippen molar-refractivity contribution in [3.8, 4) is 5.13 Å². The van der Waals surface area contributed by atoms with E-state index in [0.29, 0.717) is 42.2 Å². The molecule has 12 nitrogen and oxygen atoms in total. The summed E-state index contributed by atoms with van der Waals surface area (Å²) in [5, 5.41) is 6.57. The number of imidazole rings is 1. The molecule has 0 bridgehead atoms. The first-order valence-corrected chi connectivity index (χ1v) is 15.8. The minimum absolute atomic E-state index is 0.00483. The van der Waals surface area contributed by atoms with Crippen LogP contribution in [0.3, 0.4) is 0 Å². The van der Waals surface area contributed by atoms with Crippen LogP contribution < -0.4 is 15.3 Å². The lowest BCUT2D eigenvalue weighted by atomic mass is 10.0. The van der Waals surface area contributed by atoms with E-state index in [1.807, 2.05) is 25.7 Å². The molecule has 2 aliphatic rings. The molecule has 4 heterocycles. The number of nitrogens with one attached hydrogen (secondary N) is 1.